The predicted molar refractivity (Wildman–Crippen MR) is 212 cm³/mol. The van der Waals surface area contributed by atoms with Crippen LogP contribution in [0.5, 0.6) is 5.75 Å². The van der Waals surface area contributed by atoms with E-state index in [1.807, 2.05) is 42.1 Å². The van der Waals surface area contributed by atoms with Crippen LogP contribution >= 0.6 is 0 Å². The molecule has 3 heterocycles. The van der Waals surface area contributed by atoms with Crippen molar-refractivity contribution >= 4 is 28.0 Å². The van der Waals surface area contributed by atoms with E-state index in [0.29, 0.717) is 5.56 Å². The lowest BCUT2D eigenvalue weighted by atomic mass is 9.87. The van der Waals surface area contributed by atoms with E-state index in [9.17, 15) is 5.11 Å². The average molecular weight is 665 g/mol. The summed E-state index contributed by atoms with van der Waals surface area (Å²) in [6.07, 6.45) is 3.88. The number of fused-ring (bicyclic) bond motifs is 2. The second-order valence-electron chi connectivity index (χ2n) is 14.2. The Balaban J connectivity index is 1.25. The second-order valence-corrected chi connectivity index (χ2v) is 14.2. The average Bonchev–Trinajstić information content (AvgIpc) is 3.64. The maximum Gasteiger partial charge on any atom is 0.144 e. The van der Waals surface area contributed by atoms with Crippen LogP contribution in [0.1, 0.15) is 37.6 Å². The first-order valence-electron chi connectivity index (χ1n) is 17.3. The van der Waals surface area contributed by atoms with Crippen LogP contribution in [-0.4, -0.2) is 24.2 Å². The molecular weight excluding hydrogens is 625 g/mol. The van der Waals surface area contributed by atoms with Gasteiger partial charge < -0.3 is 14.2 Å². The quantitative estimate of drug-likeness (QED) is 0.192. The van der Waals surface area contributed by atoms with Gasteiger partial charge >= 0.3 is 0 Å². The standard InChI is InChI=1S/C46H40N4O/c1-7-40-29(2)35-19-12-21-37(44(35)50(40)34-17-11-16-33(28-34)46(3,4)5)31-24-25-47-39(27-31)32-15-10-14-30(26-32)36-20-13-22-41-43(36)48-45(49(41)6)38-18-8-9-23-42(38)51/h7-28,51H,1H2,2-6H3. The van der Waals surface area contributed by atoms with Crippen molar-refractivity contribution in [2.75, 3.05) is 0 Å². The molecule has 0 atom stereocenters. The predicted octanol–water partition coefficient (Wildman–Crippen LogP) is 11.5. The first-order valence-corrected chi connectivity index (χ1v) is 17.3. The van der Waals surface area contributed by atoms with E-state index in [0.717, 1.165) is 67.3 Å². The second kappa shape index (κ2) is 12.3. The molecular formula is C46H40N4O. The third kappa shape index (κ3) is 5.42. The van der Waals surface area contributed by atoms with Crippen LogP contribution in [0.15, 0.2) is 134 Å². The number of hydrogen-bond donors (Lipinski definition) is 1. The topological polar surface area (TPSA) is 55.9 Å². The molecule has 5 nitrogen and oxygen atoms in total. The number of rotatable bonds is 6. The van der Waals surface area contributed by atoms with E-state index in [2.05, 4.69) is 136 Å². The van der Waals surface area contributed by atoms with Crippen molar-refractivity contribution in [1.29, 1.82) is 0 Å². The van der Waals surface area contributed by atoms with Crippen molar-refractivity contribution in [3.8, 4) is 56.3 Å². The summed E-state index contributed by atoms with van der Waals surface area (Å²) in [5.74, 6) is 0.933. The minimum atomic E-state index is 0.0228. The zero-order chi connectivity index (χ0) is 35.4. The zero-order valence-electron chi connectivity index (χ0n) is 29.6. The fourth-order valence-corrected chi connectivity index (χ4v) is 7.32. The van der Waals surface area contributed by atoms with E-state index in [4.69, 9.17) is 9.97 Å². The molecule has 3 aromatic heterocycles. The Morgan fingerprint density at radius 2 is 1.43 bits per heavy atom. The minimum absolute atomic E-state index is 0.0228. The normalized spacial score (nSPS) is 11.8. The van der Waals surface area contributed by atoms with Gasteiger partial charge in [0.15, 0.2) is 0 Å². The maximum absolute atomic E-state index is 10.6. The number of aromatic nitrogens is 4. The number of aryl methyl sites for hydroxylation is 2. The van der Waals surface area contributed by atoms with Crippen molar-refractivity contribution in [3.05, 3.63) is 151 Å². The Morgan fingerprint density at radius 3 is 2.24 bits per heavy atom. The molecule has 0 amide bonds. The lowest BCUT2D eigenvalue weighted by molar-refractivity contribution is 0.476. The number of phenolic OH excluding ortho intramolecular Hbond substituents is 1. The van der Waals surface area contributed by atoms with Crippen molar-refractivity contribution in [1.82, 2.24) is 19.1 Å². The third-order valence-electron chi connectivity index (χ3n) is 10.0. The van der Waals surface area contributed by atoms with Crippen LogP contribution in [0.3, 0.4) is 0 Å². The van der Waals surface area contributed by atoms with Gasteiger partial charge in [-0.15, -0.1) is 0 Å². The highest BCUT2D eigenvalue weighted by Gasteiger charge is 2.21. The number of phenols is 1. The van der Waals surface area contributed by atoms with Gasteiger partial charge in [-0.1, -0.05) is 100 Å². The van der Waals surface area contributed by atoms with Crippen molar-refractivity contribution in [3.63, 3.8) is 0 Å². The highest BCUT2D eigenvalue weighted by atomic mass is 16.3. The Labute approximate surface area is 298 Å². The number of hydrogen-bond acceptors (Lipinski definition) is 3. The summed E-state index contributed by atoms with van der Waals surface area (Å²) in [6.45, 7) is 13.2. The summed E-state index contributed by atoms with van der Waals surface area (Å²) in [6, 6.07) is 41.8. The molecule has 5 aromatic carbocycles. The largest absolute Gasteiger partial charge is 0.507 e. The SMILES string of the molecule is C=Cc1c(C)c2cccc(-c3ccnc(-c4cccc(-c5cccc6c5nc(-c5ccccc5O)n6C)c4)c3)c2n1-c1cccc(C(C)(C)C)c1. The first-order chi connectivity index (χ1) is 24.6. The van der Waals surface area contributed by atoms with Crippen LogP contribution in [0.4, 0.5) is 0 Å². The van der Waals surface area contributed by atoms with Crippen LogP contribution < -0.4 is 0 Å². The maximum atomic E-state index is 10.6. The molecule has 0 aliphatic carbocycles. The van der Waals surface area contributed by atoms with Crippen LogP contribution in [0.2, 0.25) is 0 Å². The van der Waals surface area contributed by atoms with Gasteiger partial charge in [-0.05, 0) is 89.2 Å². The minimum Gasteiger partial charge on any atom is -0.507 e. The van der Waals surface area contributed by atoms with E-state index in [1.165, 1.54) is 16.5 Å². The van der Waals surface area contributed by atoms with Gasteiger partial charge in [0, 0.05) is 46.7 Å². The Kier molecular flexibility index (Phi) is 7.72. The summed E-state index contributed by atoms with van der Waals surface area (Å²) in [5.41, 5.74) is 14.7. The van der Waals surface area contributed by atoms with Gasteiger partial charge in [-0.3, -0.25) is 4.98 Å². The fourth-order valence-electron chi connectivity index (χ4n) is 7.32. The van der Waals surface area contributed by atoms with Gasteiger partial charge in [-0.25, -0.2) is 4.98 Å². The Morgan fingerprint density at radius 1 is 0.725 bits per heavy atom. The fraction of sp³-hybridized carbons (Fsp3) is 0.130. The summed E-state index contributed by atoms with van der Waals surface area (Å²) in [4.78, 5) is 9.92. The van der Waals surface area contributed by atoms with Gasteiger partial charge in [0.1, 0.15) is 11.6 Å². The lowest BCUT2D eigenvalue weighted by Gasteiger charge is -2.21. The number of benzene rings is 5. The lowest BCUT2D eigenvalue weighted by Crippen LogP contribution is -2.11. The van der Waals surface area contributed by atoms with Crippen LogP contribution in [0.25, 0.3) is 78.6 Å². The molecule has 0 spiro atoms. The Hall–Kier alpha value is -6.20. The van der Waals surface area contributed by atoms with Crippen LogP contribution in [-0.2, 0) is 12.5 Å². The van der Waals surface area contributed by atoms with Crippen molar-refractivity contribution < 1.29 is 5.11 Å². The molecule has 0 aliphatic heterocycles. The molecule has 1 N–H and O–H groups in total. The van der Waals surface area contributed by atoms with Crippen LogP contribution in [0, 0.1) is 6.92 Å². The molecule has 0 unspecified atom stereocenters. The first kappa shape index (κ1) is 32.0. The molecule has 250 valence electrons. The van der Waals surface area contributed by atoms with E-state index in [1.54, 1.807) is 6.07 Å². The molecule has 8 rings (SSSR count). The number of aromatic hydroxyl groups is 1. The van der Waals surface area contributed by atoms with E-state index < -0.39 is 0 Å². The summed E-state index contributed by atoms with van der Waals surface area (Å²) >= 11 is 0. The smallest absolute Gasteiger partial charge is 0.144 e. The van der Waals surface area contributed by atoms with Crippen molar-refractivity contribution in [2.45, 2.75) is 33.1 Å². The van der Waals surface area contributed by atoms with Gasteiger partial charge in [0.2, 0.25) is 0 Å². The molecule has 0 bridgehead atoms. The molecule has 0 radical (unpaired) electrons. The summed E-state index contributed by atoms with van der Waals surface area (Å²) in [5, 5.41) is 11.8. The van der Waals surface area contributed by atoms with Gasteiger partial charge in [0.05, 0.1) is 27.8 Å². The number of para-hydroxylation sites is 3. The third-order valence-corrected chi connectivity index (χ3v) is 10.0. The summed E-state index contributed by atoms with van der Waals surface area (Å²) in [7, 11) is 1.99. The molecule has 5 heteroatoms. The van der Waals surface area contributed by atoms with E-state index >= 15 is 0 Å². The van der Waals surface area contributed by atoms with Gasteiger partial charge in [-0.2, -0.15) is 0 Å². The molecule has 0 saturated carbocycles. The number of nitrogens with zero attached hydrogens (tertiary/aromatic N) is 4. The number of imidazole rings is 1. The van der Waals surface area contributed by atoms with Crippen molar-refractivity contribution in [2.24, 2.45) is 7.05 Å². The zero-order valence-corrected chi connectivity index (χ0v) is 29.6. The van der Waals surface area contributed by atoms with Gasteiger partial charge in [0.25, 0.3) is 0 Å². The molecule has 51 heavy (non-hydrogen) atoms. The number of pyridine rings is 1. The monoisotopic (exact) mass is 664 g/mol. The summed E-state index contributed by atoms with van der Waals surface area (Å²) < 4.78 is 4.40. The highest BCUT2D eigenvalue weighted by Crippen LogP contribution is 2.39. The molecule has 0 aliphatic rings. The molecule has 0 saturated heterocycles. The molecule has 8 aromatic rings. The molecule has 0 fully saturated rings. The highest BCUT2D eigenvalue weighted by molar-refractivity contribution is 6.01. The Bertz CT molecular complexity index is 2630. The van der Waals surface area contributed by atoms with E-state index in [-0.39, 0.29) is 11.2 Å².